The number of halogens is 1. The van der Waals surface area contributed by atoms with Gasteiger partial charge in [0.15, 0.2) is 5.96 Å². The molecule has 3 rings (SSSR count). The van der Waals surface area contributed by atoms with Crippen LogP contribution in [0.4, 0.5) is 5.69 Å². The predicted octanol–water partition coefficient (Wildman–Crippen LogP) is 3.20. The maximum absolute atomic E-state index is 5.89. The fraction of sp³-hybridized carbons (Fsp3) is 0.588. The van der Waals surface area contributed by atoms with Crippen molar-refractivity contribution < 1.29 is 4.74 Å². The van der Waals surface area contributed by atoms with E-state index in [2.05, 4.69) is 39.5 Å². The summed E-state index contributed by atoms with van der Waals surface area (Å²) in [6, 6.07) is 8.57. The number of aliphatic imine (C=N–C) groups is 1. The first-order chi connectivity index (χ1) is 10.4. The van der Waals surface area contributed by atoms with Gasteiger partial charge in [-0.05, 0) is 30.9 Å². The summed E-state index contributed by atoms with van der Waals surface area (Å²) < 4.78 is 5.89. The third kappa shape index (κ3) is 4.13. The van der Waals surface area contributed by atoms with Gasteiger partial charge in [-0.15, -0.1) is 24.0 Å². The van der Waals surface area contributed by atoms with Gasteiger partial charge in [-0.2, -0.15) is 0 Å². The van der Waals surface area contributed by atoms with Crippen molar-refractivity contribution in [2.45, 2.75) is 38.2 Å². The highest BCUT2D eigenvalue weighted by Gasteiger charge is 2.22. The molecule has 0 amide bonds. The first-order valence-electron chi connectivity index (χ1n) is 8.06. The number of anilines is 1. The van der Waals surface area contributed by atoms with Gasteiger partial charge in [-0.1, -0.05) is 31.0 Å². The third-order valence-electron chi connectivity index (χ3n) is 4.40. The molecule has 1 aromatic rings. The molecule has 4 nitrogen and oxygen atoms in total. The average Bonchev–Trinajstić information content (AvgIpc) is 3.17. The maximum atomic E-state index is 5.89. The molecule has 0 bridgehead atoms. The molecule has 1 aliphatic heterocycles. The fourth-order valence-electron chi connectivity index (χ4n) is 3.30. The highest BCUT2D eigenvalue weighted by Crippen LogP contribution is 2.27. The zero-order valence-corrected chi connectivity index (χ0v) is 15.6. The van der Waals surface area contributed by atoms with Crippen molar-refractivity contribution in [3.05, 3.63) is 29.8 Å². The van der Waals surface area contributed by atoms with E-state index in [4.69, 9.17) is 4.74 Å². The van der Waals surface area contributed by atoms with Gasteiger partial charge in [-0.3, -0.25) is 4.99 Å². The number of rotatable bonds is 4. The van der Waals surface area contributed by atoms with Gasteiger partial charge in [0.2, 0.25) is 0 Å². The van der Waals surface area contributed by atoms with Crippen LogP contribution in [0.15, 0.2) is 29.3 Å². The molecule has 122 valence electrons. The van der Waals surface area contributed by atoms with Gasteiger partial charge < -0.3 is 15.0 Å². The second kappa shape index (κ2) is 8.72. The summed E-state index contributed by atoms with van der Waals surface area (Å²) in [6.45, 7) is 2.59. The maximum Gasteiger partial charge on any atom is 0.198 e. The molecule has 2 aliphatic rings. The topological polar surface area (TPSA) is 36.9 Å². The number of hydrogen-bond donors (Lipinski definition) is 1. The molecule has 22 heavy (non-hydrogen) atoms. The fourth-order valence-corrected chi connectivity index (χ4v) is 3.30. The lowest BCUT2D eigenvalue weighted by molar-refractivity contribution is 0.0622. The number of guanidine groups is 1. The number of para-hydroxylation sites is 1. The number of nitrogens with zero attached hydrogens (tertiary/aromatic N) is 2. The Kier molecular flexibility index (Phi) is 6.95. The third-order valence-corrected chi connectivity index (χ3v) is 4.40. The summed E-state index contributed by atoms with van der Waals surface area (Å²) in [5.41, 5.74) is 2.69. The molecule has 1 aliphatic carbocycles. The minimum Gasteiger partial charge on any atom is -0.376 e. The summed E-state index contributed by atoms with van der Waals surface area (Å²) in [6.07, 6.45) is 6.69. The Morgan fingerprint density at radius 2 is 2.09 bits per heavy atom. The summed E-state index contributed by atoms with van der Waals surface area (Å²) in [7, 11) is 1.85. The smallest absolute Gasteiger partial charge is 0.198 e. The van der Waals surface area contributed by atoms with Crippen LogP contribution in [0.2, 0.25) is 0 Å². The second-order valence-corrected chi connectivity index (χ2v) is 5.78. The van der Waals surface area contributed by atoms with Crippen molar-refractivity contribution >= 4 is 35.6 Å². The van der Waals surface area contributed by atoms with Crippen LogP contribution in [0.1, 0.15) is 31.2 Å². The van der Waals surface area contributed by atoms with Crippen LogP contribution in [0.25, 0.3) is 0 Å². The summed E-state index contributed by atoms with van der Waals surface area (Å²) in [5, 5.41) is 3.43. The Labute approximate surface area is 150 Å². The number of hydrogen-bond acceptors (Lipinski definition) is 2. The van der Waals surface area contributed by atoms with Crippen LogP contribution in [0, 0.1) is 0 Å². The van der Waals surface area contributed by atoms with E-state index < -0.39 is 0 Å². The standard InChI is InChI=1S/C17H25N3O.HI/c1-18-17(19-11-13-21-15-7-3-4-8-15)20-12-10-14-6-2-5-9-16(14)20;/h2,5-6,9,15H,3-4,7-8,10-13H2,1H3,(H,18,19);1H. The molecule has 1 fully saturated rings. The minimum absolute atomic E-state index is 0. The lowest BCUT2D eigenvalue weighted by Gasteiger charge is -2.22. The first kappa shape index (κ1) is 17.5. The van der Waals surface area contributed by atoms with E-state index >= 15 is 0 Å². The van der Waals surface area contributed by atoms with E-state index in [1.165, 1.54) is 36.9 Å². The van der Waals surface area contributed by atoms with Crippen LogP contribution in [0.3, 0.4) is 0 Å². The van der Waals surface area contributed by atoms with Crippen LogP contribution in [-0.4, -0.2) is 38.8 Å². The van der Waals surface area contributed by atoms with Crippen molar-refractivity contribution in [3.63, 3.8) is 0 Å². The van der Waals surface area contributed by atoms with Gasteiger partial charge in [0, 0.05) is 25.8 Å². The van der Waals surface area contributed by atoms with Crippen molar-refractivity contribution in [1.29, 1.82) is 0 Å². The molecule has 0 unspecified atom stereocenters. The predicted molar refractivity (Wildman–Crippen MR) is 102 cm³/mol. The van der Waals surface area contributed by atoms with Gasteiger partial charge in [0.25, 0.3) is 0 Å². The molecular formula is C17H26IN3O. The summed E-state index contributed by atoms with van der Waals surface area (Å²) in [5.74, 6) is 0.954. The van der Waals surface area contributed by atoms with Crippen LogP contribution < -0.4 is 10.2 Å². The van der Waals surface area contributed by atoms with Gasteiger partial charge >= 0.3 is 0 Å². The first-order valence-corrected chi connectivity index (χ1v) is 8.06. The van der Waals surface area contributed by atoms with Gasteiger partial charge in [0.1, 0.15) is 0 Å². The van der Waals surface area contributed by atoms with Gasteiger partial charge in [-0.25, -0.2) is 0 Å². The Morgan fingerprint density at radius 1 is 1.32 bits per heavy atom. The molecule has 0 radical (unpaired) electrons. The summed E-state index contributed by atoms with van der Waals surface area (Å²) >= 11 is 0. The van der Waals surface area contributed by atoms with E-state index in [1.54, 1.807) is 0 Å². The van der Waals surface area contributed by atoms with E-state index in [0.29, 0.717) is 6.10 Å². The molecule has 1 aromatic carbocycles. The summed E-state index contributed by atoms with van der Waals surface area (Å²) in [4.78, 5) is 6.68. The Hall–Kier alpha value is -0.820. The van der Waals surface area contributed by atoms with E-state index in [-0.39, 0.29) is 24.0 Å². The van der Waals surface area contributed by atoms with Crippen molar-refractivity contribution in [2.24, 2.45) is 4.99 Å². The van der Waals surface area contributed by atoms with Crippen molar-refractivity contribution in [3.8, 4) is 0 Å². The molecule has 5 heteroatoms. The quantitative estimate of drug-likeness (QED) is 0.355. The second-order valence-electron chi connectivity index (χ2n) is 5.78. The molecule has 1 saturated carbocycles. The number of benzene rings is 1. The average molecular weight is 415 g/mol. The molecule has 1 heterocycles. The zero-order chi connectivity index (χ0) is 14.5. The van der Waals surface area contributed by atoms with Gasteiger partial charge in [0.05, 0.1) is 12.7 Å². The van der Waals surface area contributed by atoms with E-state index in [9.17, 15) is 0 Å². The van der Waals surface area contributed by atoms with Crippen LogP contribution in [0.5, 0.6) is 0 Å². The molecule has 0 atom stereocenters. The largest absolute Gasteiger partial charge is 0.376 e. The number of fused-ring (bicyclic) bond motifs is 1. The number of ether oxygens (including phenoxy) is 1. The Morgan fingerprint density at radius 3 is 2.86 bits per heavy atom. The van der Waals surface area contributed by atoms with E-state index in [0.717, 1.165) is 32.1 Å². The molecule has 0 aromatic heterocycles. The Balaban J connectivity index is 0.00000176. The highest BCUT2D eigenvalue weighted by atomic mass is 127. The van der Waals surface area contributed by atoms with Crippen LogP contribution in [-0.2, 0) is 11.2 Å². The zero-order valence-electron chi connectivity index (χ0n) is 13.3. The SMILES string of the molecule is CN=C(NCCOC1CCCC1)N1CCc2ccccc21.I. The molecular weight excluding hydrogens is 389 g/mol. The van der Waals surface area contributed by atoms with Crippen LogP contribution >= 0.6 is 24.0 Å². The van der Waals surface area contributed by atoms with Crippen molar-refractivity contribution in [1.82, 2.24) is 5.32 Å². The molecule has 0 spiro atoms. The normalized spacial score (nSPS) is 18.2. The molecule has 0 saturated heterocycles. The lowest BCUT2D eigenvalue weighted by Crippen LogP contribution is -2.42. The Bertz CT molecular complexity index is 500. The minimum atomic E-state index is 0. The lowest BCUT2D eigenvalue weighted by atomic mass is 10.2. The molecule has 1 N–H and O–H groups in total. The monoisotopic (exact) mass is 415 g/mol. The van der Waals surface area contributed by atoms with Crippen molar-refractivity contribution in [2.75, 3.05) is 31.6 Å². The van der Waals surface area contributed by atoms with E-state index in [1.807, 2.05) is 7.05 Å². The highest BCUT2D eigenvalue weighted by molar-refractivity contribution is 14.0. The number of nitrogens with one attached hydrogen (secondary N) is 1.